The maximum atomic E-state index is 6.57. The maximum absolute atomic E-state index is 6.57. The predicted molar refractivity (Wildman–Crippen MR) is 269 cm³/mol. The maximum Gasteiger partial charge on any atom is 0.216 e. The van der Waals surface area contributed by atoms with E-state index in [1.165, 1.54) is 66.0 Å². The zero-order valence-corrected chi connectivity index (χ0v) is 41.3. The molecule has 0 saturated heterocycles. The van der Waals surface area contributed by atoms with Gasteiger partial charge in [-0.25, -0.2) is 4.98 Å². The Bertz CT molecular complexity index is 3250. The SMILES string of the molecule is C[Si](C)(C)c1cnc(-c2[c-]cccc2)cc1CC1CCCCC1.Cc1cccc(C)c1-c1ccc2c(n1)oc1c(-c3nc4ccc5ccccc5c4n3Cc3ccccc3)[c-]ccc12.[Ir]. The number of hydrogen-bond acceptors (Lipinski definition) is 4. The van der Waals surface area contributed by atoms with Gasteiger partial charge in [0.25, 0.3) is 0 Å². The van der Waals surface area contributed by atoms with Crippen LogP contribution in [0.5, 0.6) is 0 Å². The van der Waals surface area contributed by atoms with Crippen LogP contribution in [0, 0.1) is 31.9 Å². The van der Waals surface area contributed by atoms with Gasteiger partial charge in [0.1, 0.15) is 0 Å². The van der Waals surface area contributed by atoms with Gasteiger partial charge in [-0.05, 0) is 77.3 Å². The summed E-state index contributed by atoms with van der Waals surface area (Å²) in [4.78, 5) is 15.0. The zero-order chi connectivity index (χ0) is 43.8. The quantitative estimate of drug-likeness (QED) is 0.112. The fourth-order valence-electron chi connectivity index (χ4n) is 9.90. The molecule has 0 atom stereocenters. The van der Waals surface area contributed by atoms with Crippen molar-refractivity contribution in [2.24, 2.45) is 5.92 Å². The van der Waals surface area contributed by atoms with Crippen molar-refractivity contribution >= 4 is 57.1 Å². The third kappa shape index (κ3) is 9.03. The molecule has 1 aliphatic rings. The number of pyridine rings is 2. The summed E-state index contributed by atoms with van der Waals surface area (Å²) >= 11 is 0. The fourth-order valence-corrected chi connectivity index (χ4v) is 11.5. The molecule has 10 aromatic rings. The van der Waals surface area contributed by atoms with Crippen LogP contribution in [0.1, 0.15) is 54.4 Å². The van der Waals surface area contributed by atoms with Crippen LogP contribution in [-0.2, 0) is 33.1 Å². The molecular weight excluding hydrogens is 989 g/mol. The van der Waals surface area contributed by atoms with E-state index in [0.29, 0.717) is 12.3 Å². The van der Waals surface area contributed by atoms with Gasteiger partial charge in [-0.1, -0.05) is 153 Å². The second-order valence-electron chi connectivity index (χ2n) is 18.6. The molecule has 7 heteroatoms. The molecule has 5 nitrogen and oxygen atoms in total. The average Bonchev–Trinajstić information content (AvgIpc) is 3.88. The van der Waals surface area contributed by atoms with E-state index < -0.39 is 8.07 Å². The van der Waals surface area contributed by atoms with Gasteiger partial charge < -0.3 is 14.0 Å². The van der Waals surface area contributed by atoms with Gasteiger partial charge in [-0.15, -0.1) is 54.1 Å². The number of hydrogen-bond donors (Lipinski definition) is 0. The molecule has 0 amide bonds. The molecule has 0 aliphatic heterocycles. The summed E-state index contributed by atoms with van der Waals surface area (Å²) in [5.41, 5.74) is 13.7. The Balaban J connectivity index is 0.000000189. The molecule has 1 radical (unpaired) electrons. The van der Waals surface area contributed by atoms with Crippen LogP contribution in [0.4, 0.5) is 0 Å². The molecule has 6 aromatic carbocycles. The fraction of sp³-hybridized carbons (Fsp3) is 0.224. The minimum Gasteiger partial charge on any atom is -0.486 e. The van der Waals surface area contributed by atoms with E-state index in [0.717, 1.165) is 67.2 Å². The topological polar surface area (TPSA) is 56.7 Å². The molecular formula is C58H54IrN4OSi-2. The monoisotopic (exact) mass is 1040 g/mol. The second kappa shape index (κ2) is 18.9. The molecule has 1 aliphatic carbocycles. The van der Waals surface area contributed by atoms with Crippen molar-refractivity contribution in [3.8, 4) is 33.9 Å². The first kappa shape index (κ1) is 44.2. The first-order chi connectivity index (χ1) is 31.2. The van der Waals surface area contributed by atoms with Crippen molar-refractivity contribution < 1.29 is 24.5 Å². The van der Waals surface area contributed by atoms with E-state index in [-0.39, 0.29) is 20.1 Å². The molecule has 65 heavy (non-hydrogen) atoms. The summed E-state index contributed by atoms with van der Waals surface area (Å²) < 4.78 is 8.88. The van der Waals surface area contributed by atoms with Crippen LogP contribution < -0.4 is 5.19 Å². The van der Waals surface area contributed by atoms with Crippen molar-refractivity contribution in [2.45, 2.75) is 78.6 Å². The van der Waals surface area contributed by atoms with Crippen molar-refractivity contribution in [1.82, 2.24) is 19.5 Å². The summed E-state index contributed by atoms with van der Waals surface area (Å²) in [7, 11) is -1.36. The van der Waals surface area contributed by atoms with E-state index >= 15 is 0 Å². The Morgan fingerprint density at radius 1 is 0.692 bits per heavy atom. The number of aromatic nitrogens is 4. The number of imidazole rings is 1. The van der Waals surface area contributed by atoms with Crippen LogP contribution in [0.2, 0.25) is 19.6 Å². The molecule has 0 spiro atoms. The van der Waals surface area contributed by atoms with Gasteiger partial charge >= 0.3 is 0 Å². The van der Waals surface area contributed by atoms with Gasteiger partial charge in [0.05, 0.1) is 36.2 Å². The molecule has 0 bridgehead atoms. The number of fused-ring (bicyclic) bond motifs is 6. The average molecular weight is 1040 g/mol. The summed E-state index contributed by atoms with van der Waals surface area (Å²) in [6.45, 7) is 12.2. The third-order valence-electron chi connectivity index (χ3n) is 13.1. The van der Waals surface area contributed by atoms with Crippen molar-refractivity contribution in [1.29, 1.82) is 0 Å². The minimum absolute atomic E-state index is 0. The molecule has 4 heterocycles. The zero-order valence-electron chi connectivity index (χ0n) is 37.9. The van der Waals surface area contributed by atoms with Crippen LogP contribution in [-0.4, -0.2) is 27.6 Å². The molecule has 0 N–H and O–H groups in total. The van der Waals surface area contributed by atoms with Crippen LogP contribution in [0.15, 0.2) is 150 Å². The van der Waals surface area contributed by atoms with Gasteiger partial charge in [0, 0.05) is 49.2 Å². The molecule has 327 valence electrons. The van der Waals surface area contributed by atoms with Crippen molar-refractivity contribution in [2.75, 3.05) is 0 Å². The van der Waals surface area contributed by atoms with Crippen LogP contribution >= 0.6 is 0 Å². The van der Waals surface area contributed by atoms with E-state index in [2.05, 4.69) is 178 Å². The van der Waals surface area contributed by atoms with Crippen LogP contribution in [0.25, 0.3) is 77.8 Å². The Morgan fingerprint density at radius 2 is 1.46 bits per heavy atom. The van der Waals surface area contributed by atoms with Gasteiger partial charge in [-0.3, -0.25) is 4.98 Å². The summed E-state index contributed by atoms with van der Waals surface area (Å²) in [6, 6.07) is 55.2. The molecule has 1 fully saturated rings. The first-order valence-electron chi connectivity index (χ1n) is 22.9. The largest absolute Gasteiger partial charge is 0.486 e. The summed E-state index contributed by atoms with van der Waals surface area (Å²) in [6.07, 6.45) is 10.5. The molecule has 0 unspecified atom stereocenters. The van der Waals surface area contributed by atoms with E-state index in [1.807, 2.05) is 18.2 Å². The van der Waals surface area contributed by atoms with Gasteiger partial charge in [-0.2, -0.15) is 0 Å². The van der Waals surface area contributed by atoms with E-state index in [9.17, 15) is 0 Å². The van der Waals surface area contributed by atoms with E-state index in [4.69, 9.17) is 19.4 Å². The van der Waals surface area contributed by atoms with Crippen molar-refractivity contribution in [3.05, 3.63) is 180 Å². The van der Waals surface area contributed by atoms with Crippen molar-refractivity contribution in [3.63, 3.8) is 0 Å². The standard InChI is InChI=1S/C37H26N3O.C21H28NSi.Ir/c1-23-10-8-11-24(2)33(23)31-21-19-29-28-16-9-17-30(35(28)41-37(29)39-31)36-38-32-20-18-26-14-6-7-15-27(26)34(32)40(36)22-25-12-4-3-5-13-25;1-23(2,3)21-16-22-20(18-12-8-5-9-13-18)15-19(21)14-17-10-6-4-7-11-17;/h3-16,18-21H,22H2,1-2H3;5,8-9,12,15-17H,4,6-7,10-11,14H2,1-3H3;/q2*-1;. The smallest absolute Gasteiger partial charge is 0.216 e. The van der Waals surface area contributed by atoms with Crippen LogP contribution in [0.3, 0.4) is 0 Å². The number of benzene rings is 6. The number of nitrogens with zero attached hydrogens (tertiary/aromatic N) is 4. The molecule has 11 rings (SSSR count). The Labute approximate surface area is 397 Å². The molecule has 4 aromatic heterocycles. The van der Waals surface area contributed by atoms with Gasteiger partial charge in [0.15, 0.2) is 0 Å². The molecule has 1 saturated carbocycles. The Hall–Kier alpha value is -5.98. The first-order valence-corrected chi connectivity index (χ1v) is 26.4. The number of furan rings is 1. The second-order valence-corrected chi connectivity index (χ2v) is 23.7. The van der Waals surface area contributed by atoms with E-state index in [1.54, 1.807) is 10.8 Å². The normalized spacial score (nSPS) is 13.2. The third-order valence-corrected chi connectivity index (χ3v) is 15.2. The summed E-state index contributed by atoms with van der Waals surface area (Å²) in [5, 5.41) is 5.91. The Morgan fingerprint density at radius 3 is 2.23 bits per heavy atom. The minimum atomic E-state index is -1.36. The number of aryl methyl sites for hydroxylation is 2. The van der Waals surface area contributed by atoms with Gasteiger partial charge in [0.2, 0.25) is 5.71 Å². The predicted octanol–water partition coefficient (Wildman–Crippen LogP) is 14.5. The number of rotatable bonds is 8. The Kier molecular flexibility index (Phi) is 12.8. The summed E-state index contributed by atoms with van der Waals surface area (Å²) in [5.74, 6) is 1.70.